The Kier molecular flexibility index (Phi) is 4.49. The highest BCUT2D eigenvalue weighted by atomic mass is 16.6. The summed E-state index contributed by atoms with van der Waals surface area (Å²) < 4.78 is 0. The third kappa shape index (κ3) is 3.53. The maximum Gasteiger partial charge on any atom is 0.280 e. The van der Waals surface area contributed by atoms with Crippen LogP contribution in [0.2, 0.25) is 0 Å². The second-order valence-electron chi connectivity index (χ2n) is 5.43. The molecule has 2 atom stereocenters. The molecular formula is C13H18N4O4. The van der Waals surface area contributed by atoms with Gasteiger partial charge < -0.3 is 5.73 Å². The van der Waals surface area contributed by atoms with Crippen LogP contribution in [0.5, 0.6) is 0 Å². The summed E-state index contributed by atoms with van der Waals surface area (Å²) in [5.41, 5.74) is 5.93. The van der Waals surface area contributed by atoms with Gasteiger partial charge in [0.25, 0.3) is 11.4 Å². The fourth-order valence-corrected chi connectivity index (χ4v) is 2.68. The Labute approximate surface area is 121 Å². The normalized spacial score (nSPS) is 23.0. The zero-order valence-electron chi connectivity index (χ0n) is 11.8. The Morgan fingerprint density at radius 2 is 2.05 bits per heavy atom. The summed E-state index contributed by atoms with van der Waals surface area (Å²) in [6, 6.07) is 4.21. The summed E-state index contributed by atoms with van der Waals surface area (Å²) in [7, 11) is 0. The molecule has 1 heterocycles. The van der Waals surface area contributed by atoms with Crippen LogP contribution < -0.4 is 5.73 Å². The zero-order chi connectivity index (χ0) is 15.6. The maximum absolute atomic E-state index is 11.1. The molecule has 0 amide bonds. The zero-order valence-corrected chi connectivity index (χ0v) is 11.8. The van der Waals surface area contributed by atoms with E-state index in [0.29, 0.717) is 12.1 Å². The Bertz CT molecular complexity index is 563. The molecular weight excluding hydrogens is 276 g/mol. The van der Waals surface area contributed by atoms with Crippen molar-refractivity contribution >= 4 is 11.4 Å². The number of nitrogens with two attached hydrogens (primary N) is 1. The SMILES string of the molecule is CC1CC(N)CCN1Cc1ccc([N+](=O)[O-])cc1[N+](=O)[O-]. The minimum atomic E-state index is -0.626. The molecule has 0 spiro atoms. The lowest BCUT2D eigenvalue weighted by atomic mass is 9.98. The number of nitro benzene ring substituents is 2. The van der Waals surface area contributed by atoms with Gasteiger partial charge in [0.1, 0.15) is 0 Å². The summed E-state index contributed by atoms with van der Waals surface area (Å²) in [6.07, 6.45) is 1.70. The van der Waals surface area contributed by atoms with Gasteiger partial charge in [-0.1, -0.05) is 0 Å². The lowest BCUT2D eigenvalue weighted by molar-refractivity contribution is -0.394. The monoisotopic (exact) mass is 294 g/mol. The highest BCUT2D eigenvalue weighted by molar-refractivity contribution is 5.49. The number of nitrogens with zero attached hydrogens (tertiary/aromatic N) is 3. The summed E-state index contributed by atoms with van der Waals surface area (Å²) in [6.45, 7) is 3.22. The minimum absolute atomic E-state index is 0.170. The van der Waals surface area contributed by atoms with E-state index in [9.17, 15) is 20.2 Å². The average Bonchev–Trinajstić information content (AvgIpc) is 2.41. The standard InChI is InChI=1S/C13H18N4O4/c1-9-6-11(14)4-5-15(9)8-10-2-3-12(16(18)19)7-13(10)17(20)21/h2-3,7,9,11H,4-6,8,14H2,1H3. The van der Waals surface area contributed by atoms with Crippen LogP contribution in [0.1, 0.15) is 25.3 Å². The number of non-ortho nitro benzene ring substituents is 1. The van der Waals surface area contributed by atoms with Gasteiger partial charge in [-0.05, 0) is 25.8 Å². The van der Waals surface area contributed by atoms with E-state index in [1.807, 2.05) is 6.92 Å². The molecule has 21 heavy (non-hydrogen) atoms. The van der Waals surface area contributed by atoms with Crippen LogP contribution in [0.4, 0.5) is 11.4 Å². The number of rotatable bonds is 4. The number of nitro groups is 2. The molecule has 0 radical (unpaired) electrons. The second-order valence-corrected chi connectivity index (χ2v) is 5.43. The summed E-state index contributed by atoms with van der Waals surface area (Å²) in [5.74, 6) is 0. The van der Waals surface area contributed by atoms with Crippen molar-refractivity contribution in [2.24, 2.45) is 5.73 Å². The van der Waals surface area contributed by atoms with Gasteiger partial charge in [-0.25, -0.2) is 0 Å². The van der Waals surface area contributed by atoms with Crippen molar-refractivity contribution in [3.05, 3.63) is 44.0 Å². The molecule has 1 aromatic rings. The number of likely N-dealkylation sites (tertiary alicyclic amines) is 1. The Morgan fingerprint density at radius 1 is 1.33 bits per heavy atom. The van der Waals surface area contributed by atoms with Crippen molar-refractivity contribution < 1.29 is 9.85 Å². The quantitative estimate of drug-likeness (QED) is 0.668. The summed E-state index contributed by atoms with van der Waals surface area (Å²) in [5, 5.41) is 21.8. The molecule has 8 heteroatoms. The van der Waals surface area contributed by atoms with E-state index in [1.165, 1.54) is 12.1 Å². The molecule has 0 saturated carbocycles. The highest BCUT2D eigenvalue weighted by Crippen LogP contribution is 2.27. The molecule has 0 bridgehead atoms. The molecule has 0 aromatic heterocycles. The van der Waals surface area contributed by atoms with Crippen LogP contribution >= 0.6 is 0 Å². The molecule has 1 fully saturated rings. The van der Waals surface area contributed by atoms with Crippen LogP contribution in [-0.4, -0.2) is 33.4 Å². The molecule has 2 unspecified atom stereocenters. The van der Waals surface area contributed by atoms with E-state index < -0.39 is 9.85 Å². The van der Waals surface area contributed by atoms with Crippen LogP contribution in [0.25, 0.3) is 0 Å². The largest absolute Gasteiger partial charge is 0.328 e. The molecule has 0 aliphatic carbocycles. The van der Waals surface area contributed by atoms with E-state index in [2.05, 4.69) is 4.90 Å². The van der Waals surface area contributed by atoms with Crippen molar-refractivity contribution in [1.29, 1.82) is 0 Å². The maximum atomic E-state index is 11.1. The Hall–Kier alpha value is -2.06. The predicted octanol–water partition coefficient (Wildman–Crippen LogP) is 1.81. The number of piperidine rings is 1. The van der Waals surface area contributed by atoms with Gasteiger partial charge in [0.15, 0.2) is 0 Å². The first-order valence-corrected chi connectivity index (χ1v) is 6.80. The van der Waals surface area contributed by atoms with Gasteiger partial charge in [0.2, 0.25) is 0 Å². The van der Waals surface area contributed by atoms with Crippen molar-refractivity contribution in [3.63, 3.8) is 0 Å². The first kappa shape index (κ1) is 15.3. The van der Waals surface area contributed by atoms with Crippen molar-refractivity contribution in [3.8, 4) is 0 Å². The molecule has 2 N–H and O–H groups in total. The van der Waals surface area contributed by atoms with Crippen molar-refractivity contribution in [2.75, 3.05) is 6.54 Å². The van der Waals surface area contributed by atoms with Crippen molar-refractivity contribution in [1.82, 2.24) is 4.90 Å². The van der Waals surface area contributed by atoms with Gasteiger partial charge in [0, 0.05) is 36.8 Å². The van der Waals surface area contributed by atoms with Crippen LogP contribution in [0, 0.1) is 20.2 Å². The van der Waals surface area contributed by atoms with Crippen LogP contribution in [-0.2, 0) is 6.54 Å². The van der Waals surface area contributed by atoms with E-state index in [1.54, 1.807) is 0 Å². The van der Waals surface area contributed by atoms with Crippen LogP contribution in [0.3, 0.4) is 0 Å². The van der Waals surface area contributed by atoms with E-state index in [4.69, 9.17) is 5.73 Å². The Morgan fingerprint density at radius 3 is 2.62 bits per heavy atom. The number of benzene rings is 1. The highest BCUT2D eigenvalue weighted by Gasteiger charge is 2.26. The fourth-order valence-electron chi connectivity index (χ4n) is 2.68. The van der Waals surface area contributed by atoms with E-state index in [0.717, 1.165) is 25.5 Å². The average molecular weight is 294 g/mol. The Balaban J connectivity index is 2.23. The van der Waals surface area contributed by atoms with Gasteiger partial charge in [-0.3, -0.25) is 25.1 Å². The van der Waals surface area contributed by atoms with E-state index >= 15 is 0 Å². The second kappa shape index (κ2) is 6.15. The predicted molar refractivity (Wildman–Crippen MR) is 76.8 cm³/mol. The number of hydrogen-bond acceptors (Lipinski definition) is 6. The third-order valence-electron chi connectivity index (χ3n) is 3.90. The summed E-state index contributed by atoms with van der Waals surface area (Å²) >= 11 is 0. The van der Waals surface area contributed by atoms with Gasteiger partial charge >= 0.3 is 0 Å². The van der Waals surface area contributed by atoms with Gasteiger partial charge in [0.05, 0.1) is 15.9 Å². The lowest BCUT2D eigenvalue weighted by Gasteiger charge is -2.36. The lowest BCUT2D eigenvalue weighted by Crippen LogP contribution is -2.45. The molecule has 8 nitrogen and oxygen atoms in total. The molecule has 1 aromatic carbocycles. The summed E-state index contributed by atoms with van der Waals surface area (Å²) in [4.78, 5) is 22.8. The van der Waals surface area contributed by atoms with Crippen LogP contribution in [0.15, 0.2) is 18.2 Å². The van der Waals surface area contributed by atoms with Crippen molar-refractivity contribution in [2.45, 2.75) is 38.4 Å². The first-order chi connectivity index (χ1) is 9.88. The minimum Gasteiger partial charge on any atom is -0.328 e. The fraction of sp³-hybridized carbons (Fsp3) is 0.538. The van der Waals surface area contributed by atoms with E-state index in [-0.39, 0.29) is 23.5 Å². The first-order valence-electron chi connectivity index (χ1n) is 6.80. The molecule has 2 rings (SSSR count). The smallest absolute Gasteiger partial charge is 0.280 e. The molecule has 1 saturated heterocycles. The topological polar surface area (TPSA) is 116 Å². The number of hydrogen-bond donors (Lipinski definition) is 1. The molecule has 1 aliphatic rings. The third-order valence-corrected chi connectivity index (χ3v) is 3.90. The van der Waals surface area contributed by atoms with Gasteiger partial charge in [-0.15, -0.1) is 0 Å². The van der Waals surface area contributed by atoms with Gasteiger partial charge in [-0.2, -0.15) is 0 Å². The molecule has 114 valence electrons. The molecule has 1 aliphatic heterocycles.